The molecule has 0 aliphatic heterocycles. The molecule has 106 valence electrons. The van der Waals surface area contributed by atoms with Crippen molar-refractivity contribution < 1.29 is 13.7 Å². The lowest BCUT2D eigenvalue weighted by atomic mass is 9.92. The third kappa shape index (κ3) is 3.17. The van der Waals surface area contributed by atoms with Crippen LogP contribution in [0.15, 0.2) is 12.1 Å². The van der Waals surface area contributed by atoms with E-state index in [0.29, 0.717) is 25.0 Å². The van der Waals surface area contributed by atoms with Crippen molar-refractivity contribution in [1.82, 2.24) is 0 Å². The van der Waals surface area contributed by atoms with E-state index in [1.165, 1.54) is 0 Å². The van der Waals surface area contributed by atoms with Gasteiger partial charge in [0.1, 0.15) is 5.69 Å². The van der Waals surface area contributed by atoms with Crippen molar-refractivity contribution in [2.45, 2.75) is 32.2 Å². The SMILES string of the molecule is CCC(CC)(CN)Nc1c(F)cc([N+](=O)[O-])cc1F. The number of hydrogen-bond donors (Lipinski definition) is 2. The lowest BCUT2D eigenvalue weighted by Crippen LogP contribution is -2.44. The average Bonchev–Trinajstić information content (AvgIpc) is 2.39. The van der Waals surface area contributed by atoms with E-state index in [2.05, 4.69) is 5.32 Å². The number of nitrogens with one attached hydrogen (secondary N) is 1. The van der Waals surface area contributed by atoms with Crippen LogP contribution in [0.1, 0.15) is 26.7 Å². The maximum Gasteiger partial charge on any atom is 0.275 e. The molecular formula is C12H17F2N3O2. The number of nitrogens with zero attached hydrogens (tertiary/aromatic N) is 1. The van der Waals surface area contributed by atoms with Crippen molar-refractivity contribution in [3.63, 3.8) is 0 Å². The maximum absolute atomic E-state index is 13.8. The topological polar surface area (TPSA) is 81.2 Å². The molecule has 3 N–H and O–H groups in total. The first kappa shape index (κ1) is 15.3. The summed E-state index contributed by atoms with van der Waals surface area (Å²) in [5.41, 5.74) is 4.02. The molecule has 0 aliphatic rings. The van der Waals surface area contributed by atoms with E-state index in [1.807, 2.05) is 13.8 Å². The highest BCUT2D eigenvalue weighted by molar-refractivity contribution is 5.53. The molecule has 0 bridgehead atoms. The molecule has 0 spiro atoms. The molecule has 5 nitrogen and oxygen atoms in total. The molecule has 1 rings (SSSR count). The summed E-state index contributed by atoms with van der Waals surface area (Å²) in [6.07, 6.45) is 1.16. The molecule has 0 aromatic heterocycles. The van der Waals surface area contributed by atoms with Crippen molar-refractivity contribution in [2.24, 2.45) is 5.73 Å². The van der Waals surface area contributed by atoms with Crippen LogP contribution in [-0.2, 0) is 0 Å². The minimum atomic E-state index is -0.994. The Morgan fingerprint density at radius 3 is 2.11 bits per heavy atom. The Morgan fingerprint density at radius 1 is 1.32 bits per heavy atom. The van der Waals surface area contributed by atoms with Gasteiger partial charge in [0.2, 0.25) is 0 Å². The highest BCUT2D eigenvalue weighted by Gasteiger charge is 2.27. The number of nitro groups is 1. The number of anilines is 1. The van der Waals surface area contributed by atoms with Crippen molar-refractivity contribution in [3.8, 4) is 0 Å². The van der Waals surface area contributed by atoms with Gasteiger partial charge in [-0.05, 0) is 12.8 Å². The van der Waals surface area contributed by atoms with Gasteiger partial charge in [-0.3, -0.25) is 10.1 Å². The third-order valence-corrected chi connectivity index (χ3v) is 3.37. The van der Waals surface area contributed by atoms with Crippen LogP contribution in [-0.4, -0.2) is 17.0 Å². The molecule has 0 unspecified atom stereocenters. The van der Waals surface area contributed by atoms with Crippen LogP contribution in [0.5, 0.6) is 0 Å². The van der Waals surface area contributed by atoms with Gasteiger partial charge in [0, 0.05) is 12.1 Å². The Balaban J connectivity index is 3.18. The molecule has 19 heavy (non-hydrogen) atoms. The van der Waals surface area contributed by atoms with Gasteiger partial charge in [-0.25, -0.2) is 8.78 Å². The predicted octanol–water partition coefficient (Wildman–Crippen LogP) is 2.80. The lowest BCUT2D eigenvalue weighted by molar-refractivity contribution is -0.385. The molecule has 0 atom stereocenters. The van der Waals surface area contributed by atoms with Crippen molar-refractivity contribution >= 4 is 11.4 Å². The minimum Gasteiger partial charge on any atom is -0.374 e. The van der Waals surface area contributed by atoms with Crippen LogP contribution in [0.2, 0.25) is 0 Å². The van der Waals surface area contributed by atoms with Crippen molar-refractivity contribution in [1.29, 1.82) is 0 Å². The highest BCUT2D eigenvalue weighted by atomic mass is 19.1. The van der Waals surface area contributed by atoms with Crippen molar-refractivity contribution in [3.05, 3.63) is 33.9 Å². The van der Waals surface area contributed by atoms with Gasteiger partial charge in [-0.15, -0.1) is 0 Å². The molecule has 0 heterocycles. The number of halogens is 2. The molecule has 0 saturated carbocycles. The summed E-state index contributed by atoms with van der Waals surface area (Å²) in [6, 6.07) is 1.38. The Labute approximate surface area is 109 Å². The fourth-order valence-corrected chi connectivity index (χ4v) is 1.82. The zero-order valence-electron chi connectivity index (χ0n) is 10.9. The normalized spacial score (nSPS) is 11.4. The van der Waals surface area contributed by atoms with E-state index in [1.54, 1.807) is 0 Å². The fraction of sp³-hybridized carbons (Fsp3) is 0.500. The second-order valence-electron chi connectivity index (χ2n) is 4.36. The lowest BCUT2D eigenvalue weighted by Gasteiger charge is -2.32. The zero-order valence-corrected chi connectivity index (χ0v) is 10.9. The third-order valence-electron chi connectivity index (χ3n) is 3.37. The smallest absolute Gasteiger partial charge is 0.275 e. The number of nitro benzene ring substituents is 1. The van der Waals surface area contributed by atoms with Crippen LogP contribution in [0.3, 0.4) is 0 Å². The minimum absolute atomic E-state index is 0.204. The molecule has 7 heteroatoms. The maximum atomic E-state index is 13.8. The second-order valence-corrected chi connectivity index (χ2v) is 4.36. The standard InChI is InChI=1S/C12H17F2N3O2/c1-3-12(4-2,7-15)16-11-9(13)5-8(17(18)19)6-10(11)14/h5-6,16H,3-4,7,15H2,1-2H3. The van der Waals surface area contributed by atoms with E-state index in [-0.39, 0.29) is 12.2 Å². The van der Waals surface area contributed by atoms with E-state index >= 15 is 0 Å². The number of hydrogen-bond acceptors (Lipinski definition) is 4. The summed E-state index contributed by atoms with van der Waals surface area (Å²) in [6.45, 7) is 3.91. The number of benzene rings is 1. The zero-order chi connectivity index (χ0) is 14.6. The Bertz CT molecular complexity index is 445. The van der Waals surface area contributed by atoms with E-state index in [0.717, 1.165) is 0 Å². The van der Waals surface area contributed by atoms with Gasteiger partial charge in [-0.2, -0.15) is 0 Å². The molecule has 0 fully saturated rings. The highest BCUT2D eigenvalue weighted by Crippen LogP contribution is 2.29. The van der Waals surface area contributed by atoms with Crippen LogP contribution >= 0.6 is 0 Å². The first-order valence-corrected chi connectivity index (χ1v) is 6.00. The van der Waals surface area contributed by atoms with Gasteiger partial charge < -0.3 is 11.1 Å². The van der Waals surface area contributed by atoms with Gasteiger partial charge in [0.05, 0.1) is 17.1 Å². The van der Waals surface area contributed by atoms with Crippen LogP contribution < -0.4 is 11.1 Å². The number of rotatable bonds is 6. The predicted molar refractivity (Wildman–Crippen MR) is 69.0 cm³/mol. The monoisotopic (exact) mass is 273 g/mol. The van der Waals surface area contributed by atoms with Gasteiger partial charge >= 0.3 is 0 Å². The van der Waals surface area contributed by atoms with E-state index in [4.69, 9.17) is 5.73 Å². The van der Waals surface area contributed by atoms with Gasteiger partial charge in [0.15, 0.2) is 11.6 Å². The fourth-order valence-electron chi connectivity index (χ4n) is 1.82. The first-order valence-electron chi connectivity index (χ1n) is 6.00. The van der Waals surface area contributed by atoms with Crippen LogP contribution in [0, 0.1) is 21.7 Å². The van der Waals surface area contributed by atoms with Gasteiger partial charge in [-0.1, -0.05) is 13.8 Å². The van der Waals surface area contributed by atoms with Gasteiger partial charge in [0.25, 0.3) is 5.69 Å². The first-order chi connectivity index (χ1) is 8.89. The van der Waals surface area contributed by atoms with E-state index < -0.39 is 27.8 Å². The summed E-state index contributed by atoms with van der Waals surface area (Å²) in [4.78, 5) is 9.66. The summed E-state index contributed by atoms with van der Waals surface area (Å²) in [7, 11) is 0. The Hall–Kier alpha value is -1.76. The molecule has 0 aliphatic carbocycles. The molecule has 0 amide bonds. The summed E-state index contributed by atoms with van der Waals surface area (Å²) in [5, 5.41) is 13.2. The molecule has 0 saturated heterocycles. The van der Waals surface area contributed by atoms with Crippen LogP contribution in [0.25, 0.3) is 0 Å². The van der Waals surface area contributed by atoms with Crippen LogP contribution in [0.4, 0.5) is 20.2 Å². The Kier molecular flexibility index (Phi) is 4.77. The van der Waals surface area contributed by atoms with Crippen molar-refractivity contribution in [2.75, 3.05) is 11.9 Å². The number of non-ortho nitro benzene ring substituents is 1. The quantitative estimate of drug-likeness (QED) is 0.617. The molecule has 1 aromatic rings. The summed E-state index contributed by atoms with van der Waals surface area (Å²) < 4.78 is 27.5. The number of nitrogens with two attached hydrogens (primary N) is 1. The Morgan fingerprint density at radius 2 is 1.79 bits per heavy atom. The molecule has 0 radical (unpaired) electrons. The van der Waals surface area contributed by atoms with E-state index in [9.17, 15) is 18.9 Å². The average molecular weight is 273 g/mol. The molecular weight excluding hydrogens is 256 g/mol. The molecule has 1 aromatic carbocycles. The largest absolute Gasteiger partial charge is 0.374 e. The summed E-state index contributed by atoms with van der Waals surface area (Å²) in [5.74, 6) is -1.99. The summed E-state index contributed by atoms with van der Waals surface area (Å²) >= 11 is 0. The second kappa shape index (κ2) is 5.92.